The van der Waals surface area contributed by atoms with Crippen LogP contribution < -0.4 is 0 Å². The molecule has 0 spiro atoms. The van der Waals surface area contributed by atoms with Gasteiger partial charge < -0.3 is 10.2 Å². The number of likely N-dealkylation sites (tertiary alicyclic amines) is 1. The average Bonchev–Trinajstić information content (AvgIpc) is 2.51. The average molecular weight is 227 g/mol. The number of carbonyl (C=O) groups is 2. The Morgan fingerprint density at radius 3 is 2.44 bits per heavy atom. The van der Waals surface area contributed by atoms with Crippen molar-refractivity contribution >= 4 is 12.1 Å². The monoisotopic (exact) mass is 227 g/mol. The SMILES string of the molecule is C[C@@]1(C(=O)O)C[C@@H]2CCCC[C@@H]2N1C(=O)O. The van der Waals surface area contributed by atoms with Gasteiger partial charge in [-0.3, -0.25) is 4.90 Å². The molecule has 5 heteroatoms. The molecule has 2 fully saturated rings. The van der Waals surface area contributed by atoms with Gasteiger partial charge in [-0.25, -0.2) is 9.59 Å². The molecule has 16 heavy (non-hydrogen) atoms. The summed E-state index contributed by atoms with van der Waals surface area (Å²) in [4.78, 5) is 23.7. The van der Waals surface area contributed by atoms with Gasteiger partial charge in [0.15, 0.2) is 0 Å². The first-order valence-electron chi connectivity index (χ1n) is 5.72. The summed E-state index contributed by atoms with van der Waals surface area (Å²) in [5.74, 6) is -0.796. The second kappa shape index (κ2) is 3.64. The predicted octanol–water partition coefficient (Wildman–Crippen LogP) is 1.77. The Morgan fingerprint density at radius 2 is 1.88 bits per heavy atom. The van der Waals surface area contributed by atoms with Crippen LogP contribution in [-0.2, 0) is 4.79 Å². The summed E-state index contributed by atoms with van der Waals surface area (Å²) in [6, 6.07) is -0.0904. The van der Waals surface area contributed by atoms with Gasteiger partial charge in [-0.05, 0) is 32.1 Å². The first kappa shape index (κ1) is 11.2. The van der Waals surface area contributed by atoms with Crippen LogP contribution in [-0.4, -0.2) is 38.8 Å². The highest BCUT2D eigenvalue weighted by Crippen LogP contribution is 2.45. The molecule has 2 N–H and O–H groups in total. The molecule has 90 valence electrons. The quantitative estimate of drug-likeness (QED) is 0.715. The lowest BCUT2D eigenvalue weighted by Crippen LogP contribution is -2.53. The lowest BCUT2D eigenvalue weighted by atomic mass is 9.83. The van der Waals surface area contributed by atoms with E-state index in [-0.39, 0.29) is 12.0 Å². The topological polar surface area (TPSA) is 77.8 Å². The lowest BCUT2D eigenvalue weighted by molar-refractivity contribution is -0.148. The van der Waals surface area contributed by atoms with E-state index in [2.05, 4.69) is 0 Å². The molecule has 1 saturated carbocycles. The normalized spacial score (nSPS) is 38.2. The van der Waals surface area contributed by atoms with Gasteiger partial charge >= 0.3 is 12.1 Å². The molecule has 0 unspecified atom stereocenters. The number of amides is 1. The van der Waals surface area contributed by atoms with Crippen molar-refractivity contribution in [3.05, 3.63) is 0 Å². The van der Waals surface area contributed by atoms with Gasteiger partial charge in [0.1, 0.15) is 5.54 Å². The van der Waals surface area contributed by atoms with E-state index in [1.165, 1.54) is 11.8 Å². The van der Waals surface area contributed by atoms with Crippen LogP contribution in [0.3, 0.4) is 0 Å². The molecule has 0 aromatic heterocycles. The maximum absolute atomic E-state index is 11.3. The molecular weight excluding hydrogens is 210 g/mol. The molecular formula is C11H17NO4. The van der Waals surface area contributed by atoms with Crippen molar-refractivity contribution in [3.63, 3.8) is 0 Å². The first-order valence-corrected chi connectivity index (χ1v) is 5.72. The van der Waals surface area contributed by atoms with Crippen LogP contribution in [0.2, 0.25) is 0 Å². The Hall–Kier alpha value is -1.26. The van der Waals surface area contributed by atoms with Gasteiger partial charge in [0, 0.05) is 6.04 Å². The molecule has 1 aliphatic heterocycles. The number of fused-ring (bicyclic) bond motifs is 1. The minimum Gasteiger partial charge on any atom is -0.480 e. The van der Waals surface area contributed by atoms with Crippen molar-refractivity contribution in [2.24, 2.45) is 5.92 Å². The van der Waals surface area contributed by atoms with Gasteiger partial charge in [-0.15, -0.1) is 0 Å². The Kier molecular flexibility index (Phi) is 2.56. The van der Waals surface area contributed by atoms with Crippen LogP contribution in [0.4, 0.5) is 4.79 Å². The zero-order chi connectivity index (χ0) is 11.9. The molecule has 2 aliphatic rings. The Morgan fingerprint density at radius 1 is 1.25 bits per heavy atom. The summed E-state index contributed by atoms with van der Waals surface area (Å²) >= 11 is 0. The number of aliphatic carboxylic acids is 1. The van der Waals surface area contributed by atoms with Crippen molar-refractivity contribution < 1.29 is 19.8 Å². The van der Waals surface area contributed by atoms with Gasteiger partial charge in [0.05, 0.1) is 0 Å². The fraction of sp³-hybridized carbons (Fsp3) is 0.818. The number of carboxylic acids is 1. The van der Waals surface area contributed by atoms with E-state index in [0.29, 0.717) is 6.42 Å². The van der Waals surface area contributed by atoms with E-state index in [0.717, 1.165) is 25.7 Å². The minimum absolute atomic E-state index is 0.0904. The van der Waals surface area contributed by atoms with E-state index < -0.39 is 17.6 Å². The molecule has 0 radical (unpaired) electrons. The molecule has 0 aromatic rings. The van der Waals surface area contributed by atoms with E-state index >= 15 is 0 Å². The third kappa shape index (κ3) is 1.45. The molecule has 1 aliphatic carbocycles. The molecule has 1 heterocycles. The van der Waals surface area contributed by atoms with Crippen LogP contribution in [0.5, 0.6) is 0 Å². The van der Waals surface area contributed by atoms with Crippen molar-refractivity contribution in [2.75, 3.05) is 0 Å². The zero-order valence-electron chi connectivity index (χ0n) is 9.35. The molecule has 1 amide bonds. The van der Waals surface area contributed by atoms with Gasteiger partial charge in [-0.2, -0.15) is 0 Å². The summed E-state index contributed by atoms with van der Waals surface area (Å²) in [5, 5.41) is 18.4. The summed E-state index contributed by atoms with van der Waals surface area (Å²) in [5.41, 5.74) is -1.23. The Bertz CT molecular complexity index is 330. The van der Waals surface area contributed by atoms with Crippen molar-refractivity contribution in [1.29, 1.82) is 0 Å². The predicted molar refractivity (Wildman–Crippen MR) is 56.3 cm³/mol. The third-order valence-corrected chi connectivity index (χ3v) is 4.06. The highest BCUT2D eigenvalue weighted by atomic mass is 16.4. The molecule has 5 nitrogen and oxygen atoms in total. The van der Waals surface area contributed by atoms with E-state index in [4.69, 9.17) is 0 Å². The third-order valence-electron chi connectivity index (χ3n) is 4.06. The van der Waals surface area contributed by atoms with E-state index in [1.807, 2.05) is 0 Å². The molecule has 1 saturated heterocycles. The number of nitrogens with zero attached hydrogens (tertiary/aromatic N) is 1. The van der Waals surface area contributed by atoms with Gasteiger partial charge in [0.2, 0.25) is 0 Å². The molecule has 0 aromatic carbocycles. The van der Waals surface area contributed by atoms with Crippen molar-refractivity contribution in [2.45, 2.75) is 50.6 Å². The zero-order valence-corrected chi connectivity index (χ0v) is 9.35. The van der Waals surface area contributed by atoms with E-state index in [9.17, 15) is 19.8 Å². The summed E-state index contributed by atoms with van der Waals surface area (Å²) in [6.07, 6.45) is 3.21. The van der Waals surface area contributed by atoms with E-state index in [1.54, 1.807) is 0 Å². The van der Waals surface area contributed by atoms with Crippen LogP contribution in [0.25, 0.3) is 0 Å². The fourth-order valence-electron chi connectivity index (χ4n) is 3.28. The number of rotatable bonds is 1. The first-order chi connectivity index (χ1) is 7.47. The standard InChI is InChI=1S/C11H17NO4/c1-11(9(13)14)6-7-4-2-3-5-8(7)12(11)10(15)16/h7-8H,2-6H2,1H3,(H,13,14)(H,15,16)/t7-,8-,11-/m0/s1. The van der Waals surface area contributed by atoms with Gasteiger partial charge in [0.25, 0.3) is 0 Å². The lowest BCUT2D eigenvalue weighted by Gasteiger charge is -2.34. The number of hydrogen-bond donors (Lipinski definition) is 2. The Labute approximate surface area is 94.0 Å². The van der Waals surface area contributed by atoms with Crippen LogP contribution >= 0.6 is 0 Å². The summed E-state index contributed by atoms with van der Waals surface area (Å²) in [6.45, 7) is 1.53. The molecule has 3 atom stereocenters. The maximum Gasteiger partial charge on any atom is 0.408 e. The van der Waals surface area contributed by atoms with Gasteiger partial charge in [-0.1, -0.05) is 12.8 Å². The molecule has 0 bridgehead atoms. The summed E-state index contributed by atoms with van der Waals surface area (Å²) < 4.78 is 0. The minimum atomic E-state index is -1.23. The Balaban J connectivity index is 2.33. The largest absolute Gasteiger partial charge is 0.480 e. The second-order valence-corrected chi connectivity index (χ2v) is 5.05. The smallest absolute Gasteiger partial charge is 0.408 e. The number of hydrogen-bond acceptors (Lipinski definition) is 2. The highest BCUT2D eigenvalue weighted by Gasteiger charge is 2.55. The molecule has 2 rings (SSSR count). The highest BCUT2D eigenvalue weighted by molar-refractivity contribution is 5.84. The second-order valence-electron chi connectivity index (χ2n) is 5.05. The fourth-order valence-corrected chi connectivity index (χ4v) is 3.28. The van der Waals surface area contributed by atoms with Crippen molar-refractivity contribution in [1.82, 2.24) is 4.90 Å². The van der Waals surface area contributed by atoms with Crippen LogP contribution in [0.15, 0.2) is 0 Å². The van der Waals surface area contributed by atoms with Crippen LogP contribution in [0.1, 0.15) is 39.0 Å². The summed E-state index contributed by atoms with van der Waals surface area (Å²) in [7, 11) is 0. The van der Waals surface area contributed by atoms with Crippen LogP contribution in [0, 0.1) is 5.92 Å². The number of carboxylic acid groups (broad SMARTS) is 2. The van der Waals surface area contributed by atoms with Crippen molar-refractivity contribution in [3.8, 4) is 0 Å². The maximum atomic E-state index is 11.3.